The fraction of sp³-hybridized carbons (Fsp3) is 0.364. The molecule has 0 saturated carbocycles. The van der Waals surface area contributed by atoms with E-state index in [0.29, 0.717) is 4.90 Å². The SMILES string of the molecule is CSc1ccc(N)c([N+](=O)[O-])c1C(=O)OC(C)C. The first-order chi connectivity index (χ1) is 8.38. The summed E-state index contributed by atoms with van der Waals surface area (Å²) in [4.78, 5) is 22.7. The Balaban J connectivity index is 3.41. The fourth-order valence-corrected chi connectivity index (χ4v) is 2.01. The second-order valence-corrected chi connectivity index (χ2v) is 4.64. The second kappa shape index (κ2) is 5.72. The average Bonchev–Trinajstić information content (AvgIpc) is 2.26. The van der Waals surface area contributed by atoms with Crippen LogP contribution in [0.25, 0.3) is 0 Å². The van der Waals surface area contributed by atoms with Crippen LogP contribution in [0.1, 0.15) is 24.2 Å². The minimum Gasteiger partial charge on any atom is -0.459 e. The first-order valence-corrected chi connectivity index (χ1v) is 6.42. The van der Waals surface area contributed by atoms with Crippen molar-refractivity contribution in [3.63, 3.8) is 0 Å². The van der Waals surface area contributed by atoms with Crippen LogP contribution in [-0.4, -0.2) is 23.3 Å². The van der Waals surface area contributed by atoms with Gasteiger partial charge in [-0.05, 0) is 32.2 Å². The van der Waals surface area contributed by atoms with E-state index in [1.54, 1.807) is 26.2 Å². The third kappa shape index (κ3) is 2.92. The molecule has 6 nitrogen and oxygen atoms in total. The molecule has 0 radical (unpaired) electrons. The van der Waals surface area contributed by atoms with Crippen LogP contribution in [0.5, 0.6) is 0 Å². The number of ether oxygens (including phenoxy) is 1. The summed E-state index contributed by atoms with van der Waals surface area (Å²) >= 11 is 1.23. The summed E-state index contributed by atoms with van der Waals surface area (Å²) in [6.45, 7) is 3.35. The highest BCUT2D eigenvalue weighted by Crippen LogP contribution is 2.34. The molecule has 0 spiro atoms. The molecule has 0 bridgehead atoms. The molecule has 1 aromatic rings. The van der Waals surface area contributed by atoms with Crippen LogP contribution < -0.4 is 5.73 Å². The lowest BCUT2D eigenvalue weighted by molar-refractivity contribution is -0.384. The van der Waals surface area contributed by atoms with Crippen molar-refractivity contribution in [1.29, 1.82) is 0 Å². The molecular formula is C11H14N2O4S. The summed E-state index contributed by atoms with van der Waals surface area (Å²) in [5.41, 5.74) is 5.03. The Morgan fingerprint density at radius 1 is 1.50 bits per heavy atom. The van der Waals surface area contributed by atoms with Gasteiger partial charge in [-0.25, -0.2) is 4.79 Å². The average molecular weight is 270 g/mol. The van der Waals surface area contributed by atoms with E-state index < -0.39 is 16.6 Å². The van der Waals surface area contributed by atoms with Gasteiger partial charge in [0.2, 0.25) is 0 Å². The van der Waals surface area contributed by atoms with Crippen LogP contribution in [0.2, 0.25) is 0 Å². The number of anilines is 1. The number of nitro benzene ring substituents is 1. The normalized spacial score (nSPS) is 10.4. The van der Waals surface area contributed by atoms with Crippen LogP contribution in [-0.2, 0) is 4.74 Å². The van der Waals surface area contributed by atoms with E-state index in [4.69, 9.17) is 10.5 Å². The van der Waals surface area contributed by atoms with Crippen molar-refractivity contribution in [2.24, 2.45) is 0 Å². The first kappa shape index (κ1) is 14.3. The first-order valence-electron chi connectivity index (χ1n) is 5.20. The Labute approximate surface area is 109 Å². The van der Waals surface area contributed by atoms with Gasteiger partial charge in [0.05, 0.1) is 11.0 Å². The Bertz CT molecular complexity index is 488. The molecule has 1 aromatic carbocycles. The summed E-state index contributed by atoms with van der Waals surface area (Å²) in [6.07, 6.45) is 1.37. The standard InChI is InChI=1S/C11H14N2O4S/c1-6(2)17-11(14)9-8(18-3)5-4-7(12)10(9)13(15)16/h4-6H,12H2,1-3H3. The smallest absolute Gasteiger partial charge is 0.346 e. The minimum atomic E-state index is -0.728. The number of nitrogen functional groups attached to an aromatic ring is 1. The van der Waals surface area contributed by atoms with E-state index in [1.807, 2.05) is 0 Å². The van der Waals surface area contributed by atoms with E-state index in [-0.39, 0.29) is 17.4 Å². The van der Waals surface area contributed by atoms with Crippen molar-refractivity contribution in [2.45, 2.75) is 24.8 Å². The maximum atomic E-state index is 11.9. The summed E-state index contributed by atoms with van der Waals surface area (Å²) in [5, 5.41) is 11.0. The number of hydrogen-bond donors (Lipinski definition) is 1. The Hall–Kier alpha value is -1.76. The molecule has 0 atom stereocenters. The monoisotopic (exact) mass is 270 g/mol. The molecule has 2 N–H and O–H groups in total. The van der Waals surface area contributed by atoms with Crippen LogP contribution in [0.3, 0.4) is 0 Å². The molecule has 0 aliphatic carbocycles. The third-order valence-corrected chi connectivity index (χ3v) is 2.90. The number of nitro groups is 1. The lowest BCUT2D eigenvalue weighted by atomic mass is 10.1. The summed E-state index contributed by atoms with van der Waals surface area (Å²) in [7, 11) is 0. The van der Waals surface area contributed by atoms with E-state index in [1.165, 1.54) is 17.8 Å². The van der Waals surface area contributed by atoms with Crippen LogP contribution >= 0.6 is 11.8 Å². The van der Waals surface area contributed by atoms with E-state index >= 15 is 0 Å². The largest absolute Gasteiger partial charge is 0.459 e. The van der Waals surface area contributed by atoms with Crippen LogP contribution in [0, 0.1) is 10.1 Å². The number of carbonyl (C=O) groups is 1. The number of thioether (sulfide) groups is 1. The number of nitrogens with two attached hydrogens (primary N) is 1. The predicted octanol–water partition coefficient (Wildman–Crippen LogP) is 2.46. The van der Waals surface area contributed by atoms with Gasteiger partial charge in [0.15, 0.2) is 5.56 Å². The van der Waals surface area contributed by atoms with Gasteiger partial charge in [0, 0.05) is 4.90 Å². The summed E-state index contributed by atoms with van der Waals surface area (Å²) in [6, 6.07) is 2.99. The van der Waals surface area contributed by atoms with Gasteiger partial charge in [0.25, 0.3) is 0 Å². The number of nitrogens with zero attached hydrogens (tertiary/aromatic N) is 1. The lowest BCUT2D eigenvalue weighted by Gasteiger charge is -2.11. The zero-order chi connectivity index (χ0) is 13.9. The molecule has 0 heterocycles. The summed E-state index contributed by atoms with van der Waals surface area (Å²) in [5.74, 6) is -0.728. The molecule has 0 amide bonds. The quantitative estimate of drug-likeness (QED) is 0.297. The van der Waals surface area contributed by atoms with E-state index in [9.17, 15) is 14.9 Å². The van der Waals surface area contributed by atoms with Crippen molar-refractivity contribution < 1.29 is 14.5 Å². The van der Waals surface area contributed by atoms with Crippen molar-refractivity contribution in [3.8, 4) is 0 Å². The summed E-state index contributed by atoms with van der Waals surface area (Å²) < 4.78 is 5.01. The van der Waals surface area contributed by atoms with Gasteiger partial charge >= 0.3 is 11.7 Å². The molecule has 0 saturated heterocycles. The van der Waals surface area contributed by atoms with Gasteiger partial charge in [-0.3, -0.25) is 10.1 Å². The molecular weight excluding hydrogens is 256 g/mol. The Kier molecular flexibility index (Phi) is 4.55. The van der Waals surface area contributed by atoms with Crippen LogP contribution in [0.15, 0.2) is 17.0 Å². The van der Waals surface area contributed by atoms with Gasteiger partial charge in [-0.15, -0.1) is 11.8 Å². The molecule has 7 heteroatoms. The van der Waals surface area contributed by atoms with Gasteiger partial charge in [-0.2, -0.15) is 0 Å². The molecule has 0 aliphatic rings. The van der Waals surface area contributed by atoms with Crippen molar-refractivity contribution in [2.75, 3.05) is 12.0 Å². The molecule has 0 aliphatic heterocycles. The number of carbonyl (C=O) groups excluding carboxylic acids is 1. The fourth-order valence-electron chi connectivity index (χ4n) is 1.43. The number of benzene rings is 1. The van der Waals surface area contributed by atoms with E-state index in [0.717, 1.165) is 0 Å². The molecule has 18 heavy (non-hydrogen) atoms. The minimum absolute atomic E-state index is 0.0477. The van der Waals surface area contributed by atoms with Gasteiger partial charge in [0.1, 0.15) is 5.69 Å². The Morgan fingerprint density at radius 3 is 2.56 bits per heavy atom. The highest BCUT2D eigenvalue weighted by molar-refractivity contribution is 7.98. The highest BCUT2D eigenvalue weighted by atomic mass is 32.2. The number of esters is 1. The van der Waals surface area contributed by atoms with Gasteiger partial charge < -0.3 is 10.5 Å². The zero-order valence-electron chi connectivity index (χ0n) is 10.3. The maximum absolute atomic E-state index is 11.9. The third-order valence-electron chi connectivity index (χ3n) is 2.12. The molecule has 0 fully saturated rings. The number of hydrogen-bond acceptors (Lipinski definition) is 6. The number of rotatable bonds is 4. The van der Waals surface area contributed by atoms with Gasteiger partial charge in [-0.1, -0.05) is 0 Å². The zero-order valence-corrected chi connectivity index (χ0v) is 11.1. The lowest BCUT2D eigenvalue weighted by Crippen LogP contribution is -2.15. The second-order valence-electron chi connectivity index (χ2n) is 3.79. The Morgan fingerprint density at radius 2 is 2.11 bits per heavy atom. The molecule has 98 valence electrons. The topological polar surface area (TPSA) is 95.5 Å². The predicted molar refractivity (Wildman–Crippen MR) is 69.8 cm³/mol. The van der Waals surface area contributed by atoms with E-state index in [2.05, 4.69) is 0 Å². The molecule has 0 unspecified atom stereocenters. The van der Waals surface area contributed by atoms with Crippen molar-refractivity contribution in [1.82, 2.24) is 0 Å². The van der Waals surface area contributed by atoms with Crippen molar-refractivity contribution in [3.05, 3.63) is 27.8 Å². The highest BCUT2D eigenvalue weighted by Gasteiger charge is 2.28. The molecule has 0 aromatic heterocycles. The molecule has 1 rings (SSSR count). The maximum Gasteiger partial charge on any atom is 0.346 e. The van der Waals surface area contributed by atoms with Crippen molar-refractivity contribution >= 4 is 29.1 Å². The van der Waals surface area contributed by atoms with Crippen LogP contribution in [0.4, 0.5) is 11.4 Å².